The standard InChI is InChI=1S/C12H18N2O/c1-3-9-4-6-12(11(8-9)15-12)10-5-7-13-14(10)2/h5,7,9,11H,3-4,6,8H2,1-2H3/t9-,11-,12-/m1/s1. The van der Waals surface area contributed by atoms with Gasteiger partial charge >= 0.3 is 0 Å². The number of aromatic nitrogens is 2. The zero-order chi connectivity index (χ0) is 10.5. The summed E-state index contributed by atoms with van der Waals surface area (Å²) in [6, 6.07) is 2.10. The first-order valence-corrected chi connectivity index (χ1v) is 5.92. The van der Waals surface area contributed by atoms with Crippen molar-refractivity contribution in [2.24, 2.45) is 13.0 Å². The molecular weight excluding hydrogens is 188 g/mol. The number of ether oxygens (including phenoxy) is 1. The highest BCUT2D eigenvalue weighted by atomic mass is 16.6. The first-order valence-electron chi connectivity index (χ1n) is 5.92. The van der Waals surface area contributed by atoms with Crippen molar-refractivity contribution in [2.75, 3.05) is 0 Å². The van der Waals surface area contributed by atoms with Crippen LogP contribution in [-0.4, -0.2) is 15.9 Å². The SMILES string of the molecule is CC[C@@H]1CC[C@]2(c3ccnn3C)O[C@@H]2C1. The summed E-state index contributed by atoms with van der Waals surface area (Å²) in [7, 11) is 2.01. The third kappa shape index (κ3) is 1.26. The Labute approximate surface area is 90.4 Å². The topological polar surface area (TPSA) is 30.4 Å². The van der Waals surface area contributed by atoms with Crippen LogP contribution < -0.4 is 0 Å². The minimum atomic E-state index is 0.0386. The minimum Gasteiger partial charge on any atom is -0.359 e. The summed E-state index contributed by atoms with van der Waals surface area (Å²) in [6.45, 7) is 2.28. The molecule has 0 radical (unpaired) electrons. The Balaban J connectivity index is 1.83. The smallest absolute Gasteiger partial charge is 0.136 e. The van der Waals surface area contributed by atoms with Crippen LogP contribution in [0.2, 0.25) is 0 Å². The number of hydrogen-bond donors (Lipinski definition) is 0. The van der Waals surface area contributed by atoms with Crippen molar-refractivity contribution >= 4 is 0 Å². The van der Waals surface area contributed by atoms with Gasteiger partial charge in [-0.05, 0) is 31.2 Å². The van der Waals surface area contributed by atoms with Crippen LogP contribution >= 0.6 is 0 Å². The summed E-state index contributed by atoms with van der Waals surface area (Å²) < 4.78 is 7.93. The second-order valence-electron chi connectivity index (χ2n) is 4.88. The normalized spacial score (nSPS) is 38.8. The van der Waals surface area contributed by atoms with E-state index in [-0.39, 0.29) is 5.60 Å². The Bertz CT molecular complexity index is 373. The van der Waals surface area contributed by atoms with E-state index in [0.29, 0.717) is 6.10 Å². The average Bonchev–Trinajstić information content (AvgIpc) is 2.83. The van der Waals surface area contributed by atoms with E-state index < -0.39 is 0 Å². The number of aryl methyl sites for hydroxylation is 1. The van der Waals surface area contributed by atoms with E-state index in [0.717, 1.165) is 5.92 Å². The van der Waals surface area contributed by atoms with E-state index in [1.807, 2.05) is 17.9 Å². The molecule has 3 nitrogen and oxygen atoms in total. The van der Waals surface area contributed by atoms with Gasteiger partial charge in [-0.25, -0.2) is 0 Å². The molecule has 3 atom stereocenters. The lowest BCUT2D eigenvalue weighted by molar-refractivity contribution is 0.270. The van der Waals surface area contributed by atoms with Gasteiger partial charge in [-0.1, -0.05) is 13.3 Å². The molecule has 3 rings (SSSR count). The predicted molar refractivity (Wildman–Crippen MR) is 57.4 cm³/mol. The molecule has 3 heteroatoms. The summed E-state index contributed by atoms with van der Waals surface area (Å²) in [5, 5.41) is 4.24. The molecule has 1 saturated heterocycles. The Kier molecular flexibility index (Phi) is 1.93. The first-order chi connectivity index (χ1) is 7.26. The van der Waals surface area contributed by atoms with Crippen LogP contribution in [0.1, 0.15) is 38.3 Å². The predicted octanol–water partition coefficient (Wildman–Crippen LogP) is 2.22. The van der Waals surface area contributed by atoms with Crippen LogP contribution in [0.3, 0.4) is 0 Å². The van der Waals surface area contributed by atoms with Crippen molar-refractivity contribution < 1.29 is 4.74 Å². The maximum Gasteiger partial charge on any atom is 0.136 e. The summed E-state index contributed by atoms with van der Waals surface area (Å²) in [5.74, 6) is 0.874. The lowest BCUT2D eigenvalue weighted by Crippen LogP contribution is -2.24. The van der Waals surface area contributed by atoms with Crippen LogP contribution in [0.25, 0.3) is 0 Å². The van der Waals surface area contributed by atoms with Gasteiger partial charge in [0.1, 0.15) is 5.60 Å². The maximum atomic E-state index is 5.96. The van der Waals surface area contributed by atoms with Crippen molar-refractivity contribution in [2.45, 2.75) is 44.3 Å². The lowest BCUT2D eigenvalue weighted by atomic mass is 9.79. The van der Waals surface area contributed by atoms with Gasteiger partial charge in [0, 0.05) is 13.2 Å². The van der Waals surface area contributed by atoms with Gasteiger partial charge in [-0.3, -0.25) is 4.68 Å². The number of rotatable bonds is 2. The molecule has 15 heavy (non-hydrogen) atoms. The zero-order valence-corrected chi connectivity index (χ0v) is 9.44. The van der Waals surface area contributed by atoms with Crippen LogP contribution in [0.5, 0.6) is 0 Å². The molecule has 0 amide bonds. The summed E-state index contributed by atoms with van der Waals surface area (Å²) in [5.41, 5.74) is 1.30. The highest BCUT2D eigenvalue weighted by molar-refractivity contribution is 5.23. The van der Waals surface area contributed by atoms with Gasteiger partial charge in [0.25, 0.3) is 0 Å². The molecule has 2 fully saturated rings. The molecule has 1 saturated carbocycles. The van der Waals surface area contributed by atoms with Crippen molar-refractivity contribution in [3.8, 4) is 0 Å². The summed E-state index contributed by atoms with van der Waals surface area (Å²) in [4.78, 5) is 0. The fourth-order valence-corrected chi connectivity index (χ4v) is 3.03. The Morgan fingerprint density at radius 3 is 3.13 bits per heavy atom. The van der Waals surface area contributed by atoms with E-state index in [4.69, 9.17) is 4.74 Å². The second kappa shape index (κ2) is 3.08. The zero-order valence-electron chi connectivity index (χ0n) is 9.44. The Morgan fingerprint density at radius 1 is 1.67 bits per heavy atom. The molecule has 0 bridgehead atoms. The average molecular weight is 206 g/mol. The van der Waals surface area contributed by atoms with Crippen molar-refractivity contribution in [1.82, 2.24) is 9.78 Å². The molecule has 0 spiro atoms. The van der Waals surface area contributed by atoms with Gasteiger partial charge in [-0.2, -0.15) is 5.10 Å². The highest BCUT2D eigenvalue weighted by Gasteiger charge is 2.61. The van der Waals surface area contributed by atoms with Crippen LogP contribution in [0, 0.1) is 5.92 Å². The molecule has 82 valence electrons. The lowest BCUT2D eigenvalue weighted by Gasteiger charge is -2.23. The number of epoxide rings is 1. The Morgan fingerprint density at radius 2 is 2.53 bits per heavy atom. The minimum absolute atomic E-state index is 0.0386. The largest absolute Gasteiger partial charge is 0.359 e. The van der Waals surface area contributed by atoms with Crippen LogP contribution in [0.4, 0.5) is 0 Å². The molecule has 0 N–H and O–H groups in total. The fourth-order valence-electron chi connectivity index (χ4n) is 3.03. The van der Waals surface area contributed by atoms with E-state index in [2.05, 4.69) is 18.1 Å². The quantitative estimate of drug-likeness (QED) is 0.695. The van der Waals surface area contributed by atoms with Crippen molar-refractivity contribution in [3.05, 3.63) is 18.0 Å². The van der Waals surface area contributed by atoms with E-state index in [1.54, 1.807) is 0 Å². The van der Waals surface area contributed by atoms with E-state index in [9.17, 15) is 0 Å². The van der Waals surface area contributed by atoms with Crippen molar-refractivity contribution in [3.63, 3.8) is 0 Å². The summed E-state index contributed by atoms with van der Waals surface area (Å²) >= 11 is 0. The van der Waals surface area contributed by atoms with Crippen LogP contribution in [0.15, 0.2) is 12.3 Å². The molecule has 0 aromatic carbocycles. The molecule has 2 aliphatic rings. The molecule has 1 aliphatic heterocycles. The molecule has 1 aromatic heterocycles. The number of fused-ring (bicyclic) bond motifs is 1. The number of hydrogen-bond acceptors (Lipinski definition) is 2. The molecule has 1 aliphatic carbocycles. The van der Waals surface area contributed by atoms with Crippen molar-refractivity contribution in [1.29, 1.82) is 0 Å². The molecule has 2 heterocycles. The van der Waals surface area contributed by atoms with Gasteiger partial charge in [-0.15, -0.1) is 0 Å². The third-order valence-electron chi connectivity index (χ3n) is 4.12. The third-order valence-corrected chi connectivity index (χ3v) is 4.12. The molecule has 0 unspecified atom stereocenters. The van der Waals surface area contributed by atoms with Gasteiger partial charge in [0.2, 0.25) is 0 Å². The first kappa shape index (κ1) is 9.40. The van der Waals surface area contributed by atoms with E-state index in [1.165, 1.54) is 31.4 Å². The second-order valence-corrected chi connectivity index (χ2v) is 4.88. The van der Waals surface area contributed by atoms with Gasteiger partial charge < -0.3 is 4.74 Å². The van der Waals surface area contributed by atoms with Crippen LogP contribution in [-0.2, 0) is 17.4 Å². The molecular formula is C12H18N2O. The Hall–Kier alpha value is -0.830. The van der Waals surface area contributed by atoms with Gasteiger partial charge in [0.05, 0.1) is 11.8 Å². The maximum absolute atomic E-state index is 5.96. The highest BCUT2D eigenvalue weighted by Crippen LogP contribution is 2.56. The number of nitrogens with zero attached hydrogens (tertiary/aromatic N) is 2. The van der Waals surface area contributed by atoms with E-state index >= 15 is 0 Å². The van der Waals surface area contributed by atoms with Gasteiger partial charge in [0.15, 0.2) is 0 Å². The molecule has 1 aromatic rings. The summed E-state index contributed by atoms with van der Waals surface area (Å²) in [6.07, 6.45) is 7.35. The monoisotopic (exact) mass is 206 g/mol. The fraction of sp³-hybridized carbons (Fsp3) is 0.750.